The largest absolute Gasteiger partial charge is 0.503 e. The molecule has 5 rings (SSSR count). The standard InChI is InChI=1S/C27H21ClFNO6/c1-14-3-8-19(35-14)23-22(24(31)20-12-16-11-17(28)13-21(34-2)26(16)36-20)25(32)27(33)30(23)10-9-15-4-6-18(29)7-5-15/h3-8,11-13,23,32H,9-10H2,1-2H3. The Bertz CT molecular complexity index is 1520. The van der Waals surface area contributed by atoms with Gasteiger partial charge in [0.05, 0.1) is 12.7 Å². The first-order valence-corrected chi connectivity index (χ1v) is 11.5. The average Bonchev–Trinajstić information content (AvgIpc) is 3.54. The van der Waals surface area contributed by atoms with Crippen LogP contribution in [0.1, 0.15) is 33.7 Å². The van der Waals surface area contributed by atoms with E-state index < -0.39 is 23.5 Å². The summed E-state index contributed by atoms with van der Waals surface area (Å²) in [5, 5.41) is 11.8. The van der Waals surface area contributed by atoms with Crippen LogP contribution in [0.2, 0.25) is 5.02 Å². The fourth-order valence-electron chi connectivity index (χ4n) is 4.40. The van der Waals surface area contributed by atoms with Gasteiger partial charge in [-0.1, -0.05) is 23.7 Å². The molecule has 0 radical (unpaired) electrons. The third-order valence-electron chi connectivity index (χ3n) is 6.12. The second kappa shape index (κ2) is 9.20. The van der Waals surface area contributed by atoms with Gasteiger partial charge in [0.1, 0.15) is 23.4 Å². The molecule has 1 aliphatic rings. The number of methoxy groups -OCH3 is 1. The van der Waals surface area contributed by atoms with Crippen molar-refractivity contribution in [3.8, 4) is 5.75 Å². The Morgan fingerprint density at radius 2 is 1.89 bits per heavy atom. The quantitative estimate of drug-likeness (QED) is 0.309. The lowest BCUT2D eigenvalue weighted by Gasteiger charge is -2.24. The van der Waals surface area contributed by atoms with E-state index in [2.05, 4.69) is 0 Å². The van der Waals surface area contributed by atoms with Crippen molar-refractivity contribution in [2.24, 2.45) is 0 Å². The summed E-state index contributed by atoms with van der Waals surface area (Å²) in [6.45, 7) is 1.89. The number of furan rings is 2. The smallest absolute Gasteiger partial charge is 0.290 e. The molecule has 0 fully saturated rings. The van der Waals surface area contributed by atoms with E-state index >= 15 is 0 Å². The second-order valence-electron chi connectivity index (χ2n) is 8.45. The van der Waals surface area contributed by atoms with Gasteiger partial charge in [-0.3, -0.25) is 9.59 Å². The normalized spacial score (nSPS) is 15.8. The van der Waals surface area contributed by atoms with Crippen molar-refractivity contribution in [1.82, 2.24) is 4.90 Å². The van der Waals surface area contributed by atoms with Gasteiger partial charge in [0.15, 0.2) is 22.9 Å². The first-order valence-electron chi connectivity index (χ1n) is 11.1. The predicted octanol–water partition coefficient (Wildman–Crippen LogP) is 5.96. The number of Topliss-reactive ketones (excluding diaryl/α,β-unsaturated/α-hetero) is 1. The number of fused-ring (bicyclic) bond motifs is 1. The predicted molar refractivity (Wildman–Crippen MR) is 130 cm³/mol. The highest BCUT2D eigenvalue weighted by Gasteiger charge is 2.46. The van der Waals surface area contributed by atoms with Gasteiger partial charge >= 0.3 is 0 Å². The molecule has 0 saturated heterocycles. The Hall–Kier alpha value is -4.04. The van der Waals surface area contributed by atoms with E-state index in [1.165, 1.54) is 30.2 Å². The second-order valence-corrected chi connectivity index (χ2v) is 8.89. The number of carbonyl (C=O) groups is 2. The van der Waals surface area contributed by atoms with Crippen molar-refractivity contribution < 1.29 is 32.7 Å². The van der Waals surface area contributed by atoms with Crippen LogP contribution in [-0.2, 0) is 11.2 Å². The number of benzene rings is 2. The van der Waals surface area contributed by atoms with Gasteiger partial charge in [-0.15, -0.1) is 0 Å². The highest BCUT2D eigenvalue weighted by molar-refractivity contribution is 6.31. The number of aliphatic hydroxyl groups is 1. The average molecular weight is 510 g/mol. The van der Waals surface area contributed by atoms with E-state index in [0.29, 0.717) is 39.7 Å². The van der Waals surface area contributed by atoms with Gasteiger partial charge < -0.3 is 23.6 Å². The number of hydrogen-bond donors (Lipinski definition) is 1. The van der Waals surface area contributed by atoms with E-state index in [1.807, 2.05) is 0 Å². The first kappa shape index (κ1) is 23.7. The Kier molecular flexibility index (Phi) is 6.05. The summed E-state index contributed by atoms with van der Waals surface area (Å²) in [6, 6.07) is 13.0. The molecule has 2 aromatic carbocycles. The molecule has 1 N–H and O–H groups in total. The molecule has 4 aromatic rings. The van der Waals surface area contributed by atoms with Gasteiger partial charge in [0.25, 0.3) is 5.91 Å². The van der Waals surface area contributed by atoms with Crippen LogP contribution in [0.15, 0.2) is 74.8 Å². The number of ketones is 1. The summed E-state index contributed by atoms with van der Waals surface area (Å²) in [5.41, 5.74) is 0.949. The Morgan fingerprint density at radius 3 is 2.56 bits per heavy atom. The molecule has 1 aliphatic heterocycles. The molecule has 0 saturated carbocycles. The summed E-state index contributed by atoms with van der Waals surface area (Å²) in [4.78, 5) is 28.2. The van der Waals surface area contributed by atoms with Crippen LogP contribution in [0.5, 0.6) is 5.75 Å². The third kappa shape index (κ3) is 4.13. The Balaban J connectivity index is 1.53. The Labute approximate surface area is 210 Å². The zero-order chi connectivity index (χ0) is 25.6. The van der Waals surface area contributed by atoms with Gasteiger partial charge in [0, 0.05) is 23.0 Å². The lowest BCUT2D eigenvalue weighted by molar-refractivity contribution is -0.129. The molecule has 184 valence electrons. The molecule has 0 spiro atoms. The SMILES string of the molecule is COc1cc(Cl)cc2cc(C(=O)C3=C(O)C(=O)N(CCc4ccc(F)cc4)C3c3ccc(C)o3)oc12. The zero-order valence-corrected chi connectivity index (χ0v) is 20.1. The fourth-order valence-corrected chi connectivity index (χ4v) is 4.61. The van der Waals surface area contributed by atoms with Crippen LogP contribution in [0.4, 0.5) is 4.39 Å². The minimum atomic E-state index is -0.974. The van der Waals surface area contributed by atoms with Crippen LogP contribution >= 0.6 is 11.6 Å². The van der Waals surface area contributed by atoms with Crippen LogP contribution in [-0.4, -0.2) is 35.4 Å². The summed E-state index contributed by atoms with van der Waals surface area (Å²) < 4.78 is 30.2. The summed E-state index contributed by atoms with van der Waals surface area (Å²) in [5.74, 6) is -1.26. The first-order chi connectivity index (χ1) is 17.3. The molecule has 2 aromatic heterocycles. The minimum Gasteiger partial charge on any atom is -0.503 e. The molecular formula is C27H21ClFNO6. The molecule has 1 amide bonds. The number of ether oxygens (including phenoxy) is 1. The Morgan fingerprint density at radius 1 is 1.14 bits per heavy atom. The summed E-state index contributed by atoms with van der Waals surface area (Å²) in [6.07, 6.45) is 0.372. The van der Waals surface area contributed by atoms with E-state index in [4.69, 9.17) is 25.2 Å². The molecule has 1 unspecified atom stereocenters. The zero-order valence-electron chi connectivity index (χ0n) is 19.4. The number of halogens is 2. The highest BCUT2D eigenvalue weighted by Crippen LogP contribution is 2.41. The monoisotopic (exact) mass is 509 g/mol. The van der Waals surface area contributed by atoms with Crippen molar-refractivity contribution in [3.05, 3.63) is 99.6 Å². The van der Waals surface area contributed by atoms with E-state index in [0.717, 1.165) is 5.56 Å². The maximum absolute atomic E-state index is 13.7. The molecule has 7 nitrogen and oxygen atoms in total. The summed E-state index contributed by atoms with van der Waals surface area (Å²) >= 11 is 6.14. The molecular weight excluding hydrogens is 489 g/mol. The summed E-state index contributed by atoms with van der Waals surface area (Å²) in [7, 11) is 1.45. The molecule has 0 aliphatic carbocycles. The number of rotatable bonds is 7. The van der Waals surface area contributed by atoms with E-state index in [9.17, 15) is 19.1 Å². The third-order valence-corrected chi connectivity index (χ3v) is 6.34. The van der Waals surface area contributed by atoms with Crippen molar-refractivity contribution in [2.45, 2.75) is 19.4 Å². The number of aliphatic hydroxyl groups excluding tert-OH is 1. The van der Waals surface area contributed by atoms with Crippen molar-refractivity contribution in [1.29, 1.82) is 0 Å². The maximum atomic E-state index is 13.7. The molecule has 3 heterocycles. The molecule has 9 heteroatoms. The topological polar surface area (TPSA) is 93.1 Å². The number of hydrogen-bond acceptors (Lipinski definition) is 6. The highest BCUT2D eigenvalue weighted by atomic mass is 35.5. The molecule has 36 heavy (non-hydrogen) atoms. The number of aryl methyl sites for hydroxylation is 1. The maximum Gasteiger partial charge on any atom is 0.290 e. The van der Waals surface area contributed by atoms with Crippen molar-refractivity contribution in [3.63, 3.8) is 0 Å². The number of nitrogens with zero attached hydrogens (tertiary/aromatic N) is 1. The van der Waals surface area contributed by atoms with E-state index in [1.54, 1.807) is 43.3 Å². The molecule has 0 bridgehead atoms. The molecule has 1 atom stereocenters. The lowest BCUT2D eigenvalue weighted by Crippen LogP contribution is -2.32. The number of carbonyl (C=O) groups excluding carboxylic acids is 2. The van der Waals surface area contributed by atoms with Crippen LogP contribution in [0.3, 0.4) is 0 Å². The minimum absolute atomic E-state index is 0.0893. The van der Waals surface area contributed by atoms with Gasteiger partial charge in [-0.2, -0.15) is 0 Å². The van der Waals surface area contributed by atoms with Gasteiger partial charge in [-0.25, -0.2) is 4.39 Å². The fraction of sp³-hybridized carbons (Fsp3) is 0.185. The van der Waals surface area contributed by atoms with Crippen LogP contribution < -0.4 is 4.74 Å². The van der Waals surface area contributed by atoms with E-state index in [-0.39, 0.29) is 23.7 Å². The van der Waals surface area contributed by atoms with Gasteiger partial charge in [-0.05, 0) is 55.3 Å². The van der Waals surface area contributed by atoms with Crippen LogP contribution in [0.25, 0.3) is 11.0 Å². The van der Waals surface area contributed by atoms with Crippen molar-refractivity contribution >= 4 is 34.3 Å². The van der Waals surface area contributed by atoms with Crippen molar-refractivity contribution in [2.75, 3.05) is 13.7 Å². The van der Waals surface area contributed by atoms with Gasteiger partial charge in [0.2, 0.25) is 5.78 Å². The van der Waals surface area contributed by atoms with Crippen LogP contribution in [0, 0.1) is 12.7 Å². The lowest BCUT2D eigenvalue weighted by atomic mass is 9.99. The number of amides is 1.